The summed E-state index contributed by atoms with van der Waals surface area (Å²) in [5, 5.41) is 9.95. The first-order chi connectivity index (χ1) is 17.1. The molecular formula is C27H29N7O. The monoisotopic (exact) mass is 467 g/mol. The second-order valence-corrected chi connectivity index (χ2v) is 8.79. The minimum atomic E-state index is -0.380. The maximum Gasteiger partial charge on any atom is 0.326 e. The molecule has 0 bridgehead atoms. The lowest BCUT2D eigenvalue weighted by Gasteiger charge is -2.28. The van der Waals surface area contributed by atoms with Crippen LogP contribution in [0.15, 0.2) is 73.2 Å². The van der Waals surface area contributed by atoms with E-state index in [0.717, 1.165) is 40.9 Å². The van der Waals surface area contributed by atoms with Crippen LogP contribution in [0.25, 0.3) is 10.9 Å². The van der Waals surface area contributed by atoms with Crippen LogP contribution in [0.1, 0.15) is 37.8 Å². The zero-order chi connectivity index (χ0) is 24.0. The zero-order valence-corrected chi connectivity index (χ0v) is 19.7. The molecule has 3 N–H and O–H groups in total. The molecule has 1 unspecified atom stereocenters. The van der Waals surface area contributed by atoms with Crippen LogP contribution in [-0.2, 0) is 0 Å². The van der Waals surface area contributed by atoms with Gasteiger partial charge in [-0.3, -0.25) is 10.3 Å². The van der Waals surface area contributed by atoms with E-state index in [2.05, 4.69) is 54.9 Å². The standard InChI is InChI=1S/C27H29N7O/c1-19(20-6-5-13-28-17-20)30-23-8-7-21-18-29-26(32-25(21)16-23)33-27(35)31-22-9-11-24(12-10-22)34-14-3-2-4-15-34/h5-13,16-19,30H,2-4,14-15H2,1H3,(H2,29,31,32,33,35). The third-order valence-corrected chi connectivity index (χ3v) is 6.22. The van der Waals surface area contributed by atoms with E-state index in [1.54, 1.807) is 12.4 Å². The number of amides is 2. The van der Waals surface area contributed by atoms with Gasteiger partial charge in [-0.2, -0.15) is 0 Å². The second kappa shape index (κ2) is 10.4. The Kier molecular flexibility index (Phi) is 6.70. The first-order valence-corrected chi connectivity index (χ1v) is 12.0. The number of nitrogens with one attached hydrogen (secondary N) is 3. The number of anilines is 4. The summed E-state index contributed by atoms with van der Waals surface area (Å²) in [6.45, 7) is 4.26. The molecule has 1 atom stereocenters. The van der Waals surface area contributed by atoms with Crippen LogP contribution in [-0.4, -0.2) is 34.1 Å². The van der Waals surface area contributed by atoms with E-state index in [9.17, 15) is 4.79 Å². The summed E-state index contributed by atoms with van der Waals surface area (Å²) >= 11 is 0. The van der Waals surface area contributed by atoms with E-state index in [1.165, 1.54) is 24.9 Å². The SMILES string of the molecule is CC(Nc1ccc2cnc(NC(=O)Nc3ccc(N4CCCCC4)cc3)nc2c1)c1cccnc1. The van der Waals surface area contributed by atoms with Crippen LogP contribution < -0.4 is 20.9 Å². The number of aromatic nitrogens is 3. The van der Waals surface area contributed by atoms with Crippen molar-refractivity contribution in [1.29, 1.82) is 0 Å². The minimum absolute atomic E-state index is 0.0904. The average molecular weight is 468 g/mol. The minimum Gasteiger partial charge on any atom is -0.378 e. The number of carbonyl (C=O) groups excluding carboxylic acids is 1. The molecule has 178 valence electrons. The van der Waals surface area contributed by atoms with Crippen molar-refractivity contribution in [1.82, 2.24) is 15.0 Å². The predicted octanol–water partition coefficient (Wildman–Crippen LogP) is 5.83. The molecule has 8 heteroatoms. The van der Waals surface area contributed by atoms with Gasteiger partial charge in [0.2, 0.25) is 5.95 Å². The van der Waals surface area contributed by atoms with E-state index >= 15 is 0 Å². The van der Waals surface area contributed by atoms with E-state index in [0.29, 0.717) is 0 Å². The normalized spacial score (nSPS) is 14.4. The summed E-state index contributed by atoms with van der Waals surface area (Å²) in [6.07, 6.45) is 9.08. The summed E-state index contributed by atoms with van der Waals surface area (Å²) in [7, 11) is 0. The number of hydrogen-bond acceptors (Lipinski definition) is 6. The molecule has 5 rings (SSSR count). The van der Waals surface area contributed by atoms with Crippen molar-refractivity contribution in [2.75, 3.05) is 33.9 Å². The van der Waals surface area contributed by atoms with Gasteiger partial charge < -0.3 is 15.5 Å². The number of pyridine rings is 1. The Morgan fingerprint density at radius 1 is 0.943 bits per heavy atom. The van der Waals surface area contributed by atoms with Gasteiger partial charge in [0.05, 0.1) is 11.6 Å². The Bertz CT molecular complexity index is 1290. The Morgan fingerprint density at radius 3 is 2.51 bits per heavy atom. The van der Waals surface area contributed by atoms with Crippen LogP contribution in [0.5, 0.6) is 0 Å². The molecule has 1 aliphatic heterocycles. The number of piperidine rings is 1. The molecular weight excluding hydrogens is 438 g/mol. The van der Waals surface area contributed by atoms with Gasteiger partial charge in [-0.15, -0.1) is 0 Å². The first kappa shape index (κ1) is 22.6. The second-order valence-electron chi connectivity index (χ2n) is 8.79. The lowest BCUT2D eigenvalue weighted by Crippen LogP contribution is -2.29. The smallest absolute Gasteiger partial charge is 0.326 e. The molecule has 0 aliphatic carbocycles. The summed E-state index contributed by atoms with van der Waals surface area (Å²) in [6, 6.07) is 17.5. The third kappa shape index (κ3) is 5.66. The molecule has 0 spiro atoms. The van der Waals surface area contributed by atoms with E-state index in [1.807, 2.05) is 48.7 Å². The summed E-state index contributed by atoms with van der Waals surface area (Å²) in [5.41, 5.74) is 4.68. The average Bonchev–Trinajstić information content (AvgIpc) is 2.90. The summed E-state index contributed by atoms with van der Waals surface area (Å²) in [4.78, 5) is 27.9. The van der Waals surface area contributed by atoms with Gasteiger partial charge >= 0.3 is 6.03 Å². The third-order valence-electron chi connectivity index (χ3n) is 6.22. The number of urea groups is 1. The highest BCUT2D eigenvalue weighted by Gasteiger charge is 2.12. The lowest BCUT2D eigenvalue weighted by atomic mass is 10.1. The largest absolute Gasteiger partial charge is 0.378 e. The van der Waals surface area contributed by atoms with E-state index in [4.69, 9.17) is 0 Å². The van der Waals surface area contributed by atoms with Crippen molar-refractivity contribution in [3.63, 3.8) is 0 Å². The van der Waals surface area contributed by atoms with Gasteiger partial charge in [-0.25, -0.2) is 14.8 Å². The highest BCUT2D eigenvalue weighted by Crippen LogP contribution is 2.24. The highest BCUT2D eigenvalue weighted by atomic mass is 16.2. The molecule has 2 amide bonds. The summed E-state index contributed by atoms with van der Waals surface area (Å²) < 4.78 is 0. The predicted molar refractivity (Wildman–Crippen MR) is 141 cm³/mol. The van der Waals surface area contributed by atoms with Crippen molar-refractivity contribution in [2.24, 2.45) is 0 Å². The molecule has 35 heavy (non-hydrogen) atoms. The Balaban J connectivity index is 1.22. The number of rotatable bonds is 6. The van der Waals surface area contributed by atoms with Crippen molar-refractivity contribution in [3.8, 4) is 0 Å². The molecule has 8 nitrogen and oxygen atoms in total. The lowest BCUT2D eigenvalue weighted by molar-refractivity contribution is 0.262. The molecule has 0 saturated carbocycles. The first-order valence-electron chi connectivity index (χ1n) is 12.0. The van der Waals surface area contributed by atoms with Crippen LogP contribution in [0.3, 0.4) is 0 Å². The fourth-order valence-electron chi connectivity index (χ4n) is 4.31. The zero-order valence-electron chi connectivity index (χ0n) is 19.7. The summed E-state index contributed by atoms with van der Waals surface area (Å²) in [5.74, 6) is 0.248. The molecule has 1 fully saturated rings. The van der Waals surface area contributed by atoms with Crippen LogP contribution in [0, 0.1) is 0 Å². The van der Waals surface area contributed by atoms with E-state index in [-0.39, 0.29) is 18.0 Å². The fraction of sp³-hybridized carbons (Fsp3) is 0.259. The Labute approximate surface area is 204 Å². The van der Waals surface area contributed by atoms with Gasteiger partial charge in [0, 0.05) is 54.1 Å². The fourth-order valence-corrected chi connectivity index (χ4v) is 4.31. The van der Waals surface area contributed by atoms with Gasteiger partial charge in [0.1, 0.15) is 0 Å². The Hall–Kier alpha value is -4.20. The number of benzene rings is 2. The highest BCUT2D eigenvalue weighted by molar-refractivity contribution is 5.99. The number of carbonyl (C=O) groups is 1. The van der Waals surface area contributed by atoms with Crippen molar-refractivity contribution < 1.29 is 4.79 Å². The molecule has 2 aromatic heterocycles. The molecule has 1 aliphatic rings. The quantitative estimate of drug-likeness (QED) is 0.330. The molecule has 4 aromatic rings. The molecule has 0 radical (unpaired) electrons. The van der Waals surface area contributed by atoms with Gasteiger partial charge in [-0.1, -0.05) is 6.07 Å². The van der Waals surface area contributed by atoms with Crippen LogP contribution in [0.4, 0.5) is 27.8 Å². The molecule has 1 saturated heterocycles. The van der Waals surface area contributed by atoms with Crippen molar-refractivity contribution in [3.05, 3.63) is 78.8 Å². The van der Waals surface area contributed by atoms with Crippen LogP contribution in [0.2, 0.25) is 0 Å². The van der Waals surface area contributed by atoms with E-state index < -0.39 is 0 Å². The molecule has 2 aromatic carbocycles. The topological polar surface area (TPSA) is 95.1 Å². The Morgan fingerprint density at radius 2 is 1.74 bits per heavy atom. The van der Waals surface area contributed by atoms with Gasteiger partial charge in [-0.05, 0) is 80.3 Å². The molecule has 3 heterocycles. The maximum atomic E-state index is 12.5. The van der Waals surface area contributed by atoms with Gasteiger partial charge in [0.25, 0.3) is 0 Å². The number of hydrogen-bond donors (Lipinski definition) is 3. The van der Waals surface area contributed by atoms with Gasteiger partial charge in [0.15, 0.2) is 0 Å². The van der Waals surface area contributed by atoms with Crippen molar-refractivity contribution in [2.45, 2.75) is 32.2 Å². The number of fused-ring (bicyclic) bond motifs is 1. The van der Waals surface area contributed by atoms with Crippen molar-refractivity contribution >= 4 is 39.9 Å². The maximum absolute atomic E-state index is 12.5. The van der Waals surface area contributed by atoms with Crippen LogP contribution >= 0.6 is 0 Å². The number of nitrogens with zero attached hydrogens (tertiary/aromatic N) is 4.